The van der Waals surface area contributed by atoms with Crippen molar-refractivity contribution in [2.75, 3.05) is 5.32 Å². The molecule has 0 bridgehead atoms. The van der Waals surface area contributed by atoms with E-state index in [0.29, 0.717) is 17.0 Å². The molecule has 1 aromatic heterocycles. The Morgan fingerprint density at radius 3 is 2.30 bits per heavy atom. The van der Waals surface area contributed by atoms with E-state index in [1.165, 1.54) is 0 Å². The molecule has 20 heavy (non-hydrogen) atoms. The standard InChI is InChI=1S/C13H12BrF2N3O/c1-6-11(7(2)19(3)18-6)13(20)17-12-9(15)4-8(14)5-10(12)16/h4-5H,1-3H3,(H,17,20). The van der Waals surface area contributed by atoms with Crippen molar-refractivity contribution in [3.05, 3.63) is 45.2 Å². The molecule has 0 unspecified atom stereocenters. The fourth-order valence-corrected chi connectivity index (χ4v) is 2.34. The SMILES string of the molecule is Cc1nn(C)c(C)c1C(=O)Nc1c(F)cc(Br)cc1F. The Kier molecular flexibility index (Phi) is 3.89. The molecule has 2 aromatic rings. The third kappa shape index (κ3) is 2.58. The number of aryl methyl sites for hydroxylation is 2. The molecule has 0 fully saturated rings. The second-order valence-electron chi connectivity index (χ2n) is 4.37. The van der Waals surface area contributed by atoms with Gasteiger partial charge < -0.3 is 5.32 Å². The lowest BCUT2D eigenvalue weighted by atomic mass is 10.1. The van der Waals surface area contributed by atoms with Crippen molar-refractivity contribution in [2.24, 2.45) is 7.05 Å². The minimum Gasteiger partial charge on any atom is -0.317 e. The predicted molar refractivity (Wildman–Crippen MR) is 74.7 cm³/mol. The van der Waals surface area contributed by atoms with Gasteiger partial charge in [0.25, 0.3) is 5.91 Å². The lowest BCUT2D eigenvalue weighted by Gasteiger charge is -2.08. The summed E-state index contributed by atoms with van der Waals surface area (Å²) in [5.41, 5.74) is 0.966. The molecule has 1 aromatic carbocycles. The van der Waals surface area contributed by atoms with E-state index < -0.39 is 23.2 Å². The molecule has 7 heteroatoms. The fourth-order valence-electron chi connectivity index (χ4n) is 1.94. The van der Waals surface area contributed by atoms with Gasteiger partial charge in [0, 0.05) is 17.2 Å². The minimum absolute atomic E-state index is 0.263. The minimum atomic E-state index is -0.843. The highest BCUT2D eigenvalue weighted by atomic mass is 79.9. The lowest BCUT2D eigenvalue weighted by Crippen LogP contribution is -2.16. The van der Waals surface area contributed by atoms with E-state index >= 15 is 0 Å². The van der Waals surface area contributed by atoms with E-state index in [1.807, 2.05) is 0 Å². The van der Waals surface area contributed by atoms with Crippen LogP contribution < -0.4 is 5.32 Å². The number of anilines is 1. The van der Waals surface area contributed by atoms with E-state index in [-0.39, 0.29) is 4.47 Å². The molecule has 0 saturated heterocycles. The molecular weight excluding hydrogens is 332 g/mol. The van der Waals surface area contributed by atoms with Gasteiger partial charge in [-0.25, -0.2) is 8.78 Å². The summed E-state index contributed by atoms with van der Waals surface area (Å²) in [4.78, 5) is 12.1. The Balaban J connectivity index is 2.38. The average Bonchev–Trinajstić information content (AvgIpc) is 2.58. The first-order valence-electron chi connectivity index (χ1n) is 5.77. The predicted octanol–water partition coefficient (Wildman–Crippen LogP) is 3.33. The normalized spacial score (nSPS) is 10.7. The molecule has 1 amide bonds. The molecule has 1 N–H and O–H groups in total. The van der Waals surface area contributed by atoms with E-state index in [9.17, 15) is 13.6 Å². The fraction of sp³-hybridized carbons (Fsp3) is 0.231. The molecule has 106 valence electrons. The van der Waals surface area contributed by atoms with Crippen molar-refractivity contribution in [2.45, 2.75) is 13.8 Å². The van der Waals surface area contributed by atoms with Crippen LogP contribution in [-0.4, -0.2) is 15.7 Å². The van der Waals surface area contributed by atoms with E-state index in [0.717, 1.165) is 12.1 Å². The number of carbonyl (C=O) groups is 1. The monoisotopic (exact) mass is 343 g/mol. The molecular formula is C13H12BrF2N3O. The first-order valence-corrected chi connectivity index (χ1v) is 6.56. The number of halogens is 3. The number of hydrogen-bond donors (Lipinski definition) is 1. The second-order valence-corrected chi connectivity index (χ2v) is 5.28. The molecule has 0 atom stereocenters. The van der Waals surface area contributed by atoms with E-state index in [4.69, 9.17) is 0 Å². The van der Waals surface area contributed by atoms with E-state index in [1.54, 1.807) is 25.6 Å². The van der Waals surface area contributed by atoms with Crippen molar-refractivity contribution >= 4 is 27.5 Å². The third-order valence-electron chi connectivity index (χ3n) is 2.98. The Morgan fingerprint density at radius 1 is 1.30 bits per heavy atom. The number of hydrogen-bond acceptors (Lipinski definition) is 2. The zero-order valence-electron chi connectivity index (χ0n) is 11.1. The van der Waals surface area contributed by atoms with Crippen LogP contribution in [0.1, 0.15) is 21.7 Å². The van der Waals surface area contributed by atoms with Crippen LogP contribution in [0.3, 0.4) is 0 Å². The summed E-state index contributed by atoms with van der Waals surface area (Å²) in [6.07, 6.45) is 0. The first-order chi connectivity index (χ1) is 9.31. The average molecular weight is 344 g/mol. The summed E-state index contributed by atoms with van der Waals surface area (Å²) in [5.74, 6) is -2.28. The molecule has 0 saturated carbocycles. The Hall–Kier alpha value is -1.76. The Morgan fingerprint density at radius 2 is 1.85 bits per heavy atom. The highest BCUT2D eigenvalue weighted by Crippen LogP contribution is 2.25. The van der Waals surface area contributed by atoms with E-state index in [2.05, 4.69) is 26.3 Å². The van der Waals surface area contributed by atoms with Crippen LogP contribution in [0.5, 0.6) is 0 Å². The molecule has 0 aliphatic carbocycles. The topological polar surface area (TPSA) is 46.9 Å². The van der Waals surface area contributed by atoms with Crippen molar-refractivity contribution in [3.63, 3.8) is 0 Å². The molecule has 2 rings (SSSR count). The zero-order valence-corrected chi connectivity index (χ0v) is 12.7. The zero-order chi connectivity index (χ0) is 15.0. The summed E-state index contributed by atoms with van der Waals surface area (Å²) in [7, 11) is 1.69. The maximum atomic E-state index is 13.7. The quantitative estimate of drug-likeness (QED) is 0.909. The number of aromatic nitrogens is 2. The number of rotatable bonds is 2. The summed E-state index contributed by atoms with van der Waals surface area (Å²) >= 11 is 2.98. The van der Waals surface area contributed by atoms with Crippen LogP contribution >= 0.6 is 15.9 Å². The maximum Gasteiger partial charge on any atom is 0.259 e. The number of benzene rings is 1. The maximum absolute atomic E-state index is 13.7. The Labute approximate surface area is 122 Å². The lowest BCUT2D eigenvalue weighted by molar-refractivity contribution is 0.102. The molecule has 4 nitrogen and oxygen atoms in total. The van der Waals surface area contributed by atoms with Crippen molar-refractivity contribution in [1.29, 1.82) is 0 Å². The van der Waals surface area contributed by atoms with Gasteiger partial charge in [0.15, 0.2) is 11.6 Å². The molecule has 0 spiro atoms. The van der Waals surface area contributed by atoms with Crippen LogP contribution in [-0.2, 0) is 7.05 Å². The largest absolute Gasteiger partial charge is 0.317 e. The van der Waals surface area contributed by atoms with Crippen LogP contribution in [0, 0.1) is 25.5 Å². The number of carbonyl (C=O) groups excluding carboxylic acids is 1. The van der Waals surface area contributed by atoms with Crippen molar-refractivity contribution in [1.82, 2.24) is 9.78 Å². The molecule has 1 heterocycles. The third-order valence-corrected chi connectivity index (χ3v) is 3.44. The van der Waals surface area contributed by atoms with Gasteiger partial charge in [0.1, 0.15) is 5.69 Å². The summed E-state index contributed by atoms with van der Waals surface area (Å²) in [5, 5.41) is 6.35. The van der Waals surface area contributed by atoms with Gasteiger partial charge in [-0.3, -0.25) is 9.48 Å². The van der Waals surface area contributed by atoms with Crippen LogP contribution in [0.25, 0.3) is 0 Å². The summed E-state index contributed by atoms with van der Waals surface area (Å²) < 4.78 is 29.2. The van der Waals surface area contributed by atoms with Gasteiger partial charge in [-0.1, -0.05) is 15.9 Å². The van der Waals surface area contributed by atoms with Crippen molar-refractivity contribution < 1.29 is 13.6 Å². The van der Waals surface area contributed by atoms with Gasteiger partial charge in [-0.05, 0) is 26.0 Å². The molecule has 0 aliphatic rings. The van der Waals surface area contributed by atoms with Crippen LogP contribution in [0.4, 0.5) is 14.5 Å². The van der Waals surface area contributed by atoms with Crippen molar-refractivity contribution in [3.8, 4) is 0 Å². The smallest absolute Gasteiger partial charge is 0.259 e. The van der Waals surface area contributed by atoms with Gasteiger partial charge in [-0.2, -0.15) is 5.10 Å². The first kappa shape index (κ1) is 14.6. The summed E-state index contributed by atoms with van der Waals surface area (Å²) in [6.45, 7) is 3.37. The molecule has 0 radical (unpaired) electrons. The number of nitrogens with one attached hydrogen (secondary N) is 1. The highest BCUT2D eigenvalue weighted by molar-refractivity contribution is 9.10. The highest BCUT2D eigenvalue weighted by Gasteiger charge is 2.20. The Bertz CT molecular complexity index is 674. The van der Waals surface area contributed by atoms with Crippen LogP contribution in [0.2, 0.25) is 0 Å². The second kappa shape index (κ2) is 5.32. The molecule has 0 aliphatic heterocycles. The number of amides is 1. The summed E-state index contributed by atoms with van der Waals surface area (Å²) in [6, 6.07) is 2.17. The van der Waals surface area contributed by atoms with Crippen LogP contribution in [0.15, 0.2) is 16.6 Å². The van der Waals surface area contributed by atoms with Gasteiger partial charge in [0.2, 0.25) is 0 Å². The van der Waals surface area contributed by atoms with Gasteiger partial charge in [0.05, 0.1) is 11.3 Å². The number of nitrogens with zero attached hydrogens (tertiary/aromatic N) is 2. The van der Waals surface area contributed by atoms with Gasteiger partial charge >= 0.3 is 0 Å². The van der Waals surface area contributed by atoms with Gasteiger partial charge in [-0.15, -0.1) is 0 Å².